The van der Waals surface area contributed by atoms with Crippen molar-refractivity contribution in [3.8, 4) is 0 Å². The molecule has 2 aromatic carbocycles. The van der Waals surface area contributed by atoms with E-state index >= 15 is 0 Å². The Bertz CT molecular complexity index is 572. The fourth-order valence-corrected chi connectivity index (χ4v) is 3.20. The molecule has 1 unspecified atom stereocenters. The van der Waals surface area contributed by atoms with Crippen molar-refractivity contribution in [1.82, 2.24) is 0 Å². The lowest BCUT2D eigenvalue weighted by atomic mass is 10.0. The first-order valence-corrected chi connectivity index (χ1v) is 8.29. The molecule has 2 heteroatoms. The lowest BCUT2D eigenvalue weighted by molar-refractivity contribution is 0.0968. The highest BCUT2D eigenvalue weighted by atomic mass is 32.2. The van der Waals surface area contributed by atoms with Crippen LogP contribution in [0.25, 0.3) is 0 Å². The molecule has 0 saturated heterocycles. The van der Waals surface area contributed by atoms with Gasteiger partial charge in [-0.3, -0.25) is 4.79 Å². The topological polar surface area (TPSA) is 17.1 Å². The average molecular weight is 298 g/mol. The zero-order chi connectivity index (χ0) is 15.2. The largest absolute Gasteiger partial charge is 0.294 e. The second-order valence-electron chi connectivity index (χ2n) is 5.72. The minimum absolute atomic E-state index is 0.234. The van der Waals surface area contributed by atoms with Gasteiger partial charge in [0.15, 0.2) is 5.78 Å². The lowest BCUT2D eigenvalue weighted by Crippen LogP contribution is -2.03. The number of Topliss-reactive ketones (excluding diaryl/α,β-unsaturated/α-hetero) is 1. The number of hydrogen-bond donors (Lipinski definition) is 0. The number of hydrogen-bond acceptors (Lipinski definition) is 2. The molecule has 1 atom stereocenters. The molecule has 2 aromatic rings. The van der Waals surface area contributed by atoms with E-state index in [2.05, 4.69) is 57.2 Å². The van der Waals surface area contributed by atoms with Crippen molar-refractivity contribution in [3.05, 3.63) is 65.7 Å². The zero-order valence-electron chi connectivity index (χ0n) is 12.9. The number of thioether (sulfide) groups is 1. The van der Waals surface area contributed by atoms with E-state index < -0.39 is 0 Å². The van der Waals surface area contributed by atoms with E-state index in [4.69, 9.17) is 0 Å². The van der Waals surface area contributed by atoms with Crippen molar-refractivity contribution >= 4 is 17.5 Å². The third-order valence-corrected chi connectivity index (χ3v) is 4.52. The molecule has 0 amide bonds. The van der Waals surface area contributed by atoms with Crippen LogP contribution in [-0.4, -0.2) is 5.78 Å². The van der Waals surface area contributed by atoms with Gasteiger partial charge in [0.05, 0.1) is 0 Å². The first-order valence-electron chi connectivity index (χ1n) is 7.41. The van der Waals surface area contributed by atoms with Gasteiger partial charge < -0.3 is 0 Å². The van der Waals surface area contributed by atoms with E-state index in [-0.39, 0.29) is 5.78 Å². The quantitative estimate of drug-likeness (QED) is 0.497. The van der Waals surface area contributed by atoms with Gasteiger partial charge in [0, 0.05) is 22.1 Å². The first-order chi connectivity index (χ1) is 10.1. The SMILES string of the molecule is CC(C)CC(=O)c1ccc(SC(C)c2ccccc2)cc1. The highest BCUT2D eigenvalue weighted by Gasteiger charge is 2.10. The maximum Gasteiger partial charge on any atom is 0.163 e. The molecule has 0 aromatic heterocycles. The molecule has 110 valence electrons. The molecular weight excluding hydrogens is 276 g/mol. The average Bonchev–Trinajstić information content (AvgIpc) is 2.48. The molecule has 21 heavy (non-hydrogen) atoms. The second kappa shape index (κ2) is 7.46. The first kappa shape index (κ1) is 15.8. The standard InChI is InChI=1S/C19H22OS/c1-14(2)13-19(20)17-9-11-18(12-10-17)21-15(3)16-7-5-4-6-8-16/h4-12,14-15H,13H2,1-3H3. The summed E-state index contributed by atoms with van der Waals surface area (Å²) in [4.78, 5) is 13.2. The minimum atomic E-state index is 0.234. The van der Waals surface area contributed by atoms with Crippen LogP contribution in [-0.2, 0) is 0 Å². The molecule has 0 radical (unpaired) electrons. The van der Waals surface area contributed by atoms with Crippen LogP contribution in [0.2, 0.25) is 0 Å². The molecule has 0 bridgehead atoms. The van der Waals surface area contributed by atoms with E-state index in [1.54, 1.807) is 0 Å². The van der Waals surface area contributed by atoms with E-state index in [9.17, 15) is 4.79 Å². The summed E-state index contributed by atoms with van der Waals surface area (Å²) in [5.74, 6) is 0.641. The molecule has 0 N–H and O–H groups in total. The predicted molar refractivity (Wildman–Crippen MR) is 90.9 cm³/mol. The molecule has 1 nitrogen and oxygen atoms in total. The molecule has 0 heterocycles. The van der Waals surface area contributed by atoms with Gasteiger partial charge in [-0.15, -0.1) is 11.8 Å². The summed E-state index contributed by atoms with van der Waals surface area (Å²) in [6.07, 6.45) is 0.618. The van der Waals surface area contributed by atoms with Gasteiger partial charge in [0.2, 0.25) is 0 Å². The van der Waals surface area contributed by atoms with Crippen LogP contribution in [0.1, 0.15) is 48.4 Å². The Hall–Kier alpha value is -1.54. The third-order valence-electron chi connectivity index (χ3n) is 3.35. The number of carbonyl (C=O) groups is 1. The Labute approximate surface area is 131 Å². The highest BCUT2D eigenvalue weighted by molar-refractivity contribution is 7.99. The van der Waals surface area contributed by atoms with Gasteiger partial charge in [-0.2, -0.15) is 0 Å². The fraction of sp³-hybridized carbons (Fsp3) is 0.316. The molecule has 0 fully saturated rings. The number of ketones is 1. The van der Waals surface area contributed by atoms with E-state index in [1.807, 2.05) is 30.0 Å². The molecule has 0 spiro atoms. The third kappa shape index (κ3) is 4.75. The van der Waals surface area contributed by atoms with Gasteiger partial charge in [0.25, 0.3) is 0 Å². The van der Waals surface area contributed by atoms with Crippen molar-refractivity contribution in [2.75, 3.05) is 0 Å². The van der Waals surface area contributed by atoms with Crippen molar-refractivity contribution < 1.29 is 4.79 Å². The lowest BCUT2D eigenvalue weighted by Gasteiger charge is -2.12. The molecule has 0 aliphatic rings. The Morgan fingerprint density at radius 2 is 1.57 bits per heavy atom. The van der Waals surface area contributed by atoms with Crippen LogP contribution in [0.5, 0.6) is 0 Å². The van der Waals surface area contributed by atoms with Gasteiger partial charge >= 0.3 is 0 Å². The van der Waals surface area contributed by atoms with E-state index in [0.29, 0.717) is 17.6 Å². The molecule has 0 aliphatic heterocycles. The molecule has 0 saturated carbocycles. The van der Waals surface area contributed by atoms with Crippen LogP contribution >= 0.6 is 11.8 Å². The van der Waals surface area contributed by atoms with Crippen LogP contribution < -0.4 is 0 Å². The Kier molecular flexibility index (Phi) is 5.63. The predicted octanol–water partition coefficient (Wildman–Crippen LogP) is 5.77. The minimum Gasteiger partial charge on any atom is -0.294 e. The van der Waals surface area contributed by atoms with Gasteiger partial charge in [-0.05, 0) is 30.5 Å². The number of benzene rings is 2. The Morgan fingerprint density at radius 1 is 0.952 bits per heavy atom. The normalized spacial score (nSPS) is 12.4. The van der Waals surface area contributed by atoms with Crippen molar-refractivity contribution in [2.45, 2.75) is 37.3 Å². The fourth-order valence-electron chi connectivity index (χ4n) is 2.20. The summed E-state index contributed by atoms with van der Waals surface area (Å²) in [7, 11) is 0. The van der Waals surface area contributed by atoms with Gasteiger partial charge in [-0.25, -0.2) is 0 Å². The summed E-state index contributed by atoms with van der Waals surface area (Å²) >= 11 is 1.82. The van der Waals surface area contributed by atoms with Crippen molar-refractivity contribution in [2.24, 2.45) is 5.92 Å². The molecule has 0 aliphatic carbocycles. The smallest absolute Gasteiger partial charge is 0.163 e. The van der Waals surface area contributed by atoms with Crippen LogP contribution in [0.15, 0.2) is 59.5 Å². The summed E-state index contributed by atoms with van der Waals surface area (Å²) in [6, 6.07) is 18.5. The maximum atomic E-state index is 12.0. The zero-order valence-corrected chi connectivity index (χ0v) is 13.7. The monoisotopic (exact) mass is 298 g/mol. The summed E-state index contributed by atoms with van der Waals surface area (Å²) < 4.78 is 0. The second-order valence-corrected chi connectivity index (χ2v) is 7.13. The van der Waals surface area contributed by atoms with Crippen molar-refractivity contribution in [1.29, 1.82) is 0 Å². The highest BCUT2D eigenvalue weighted by Crippen LogP contribution is 2.34. The van der Waals surface area contributed by atoms with E-state index in [0.717, 1.165) is 5.56 Å². The summed E-state index contributed by atoms with van der Waals surface area (Å²) in [5.41, 5.74) is 2.14. The van der Waals surface area contributed by atoms with Gasteiger partial charge in [0.1, 0.15) is 0 Å². The van der Waals surface area contributed by atoms with Crippen LogP contribution in [0.4, 0.5) is 0 Å². The van der Waals surface area contributed by atoms with Crippen molar-refractivity contribution in [3.63, 3.8) is 0 Å². The van der Waals surface area contributed by atoms with Gasteiger partial charge in [-0.1, -0.05) is 56.3 Å². The van der Waals surface area contributed by atoms with Crippen LogP contribution in [0, 0.1) is 5.92 Å². The molecule has 2 rings (SSSR count). The number of carbonyl (C=O) groups excluding carboxylic acids is 1. The summed E-state index contributed by atoms with van der Waals surface area (Å²) in [6.45, 7) is 6.35. The number of rotatable bonds is 6. The van der Waals surface area contributed by atoms with E-state index in [1.165, 1.54) is 10.5 Å². The Balaban J connectivity index is 2.01. The molecular formula is C19H22OS. The maximum absolute atomic E-state index is 12.0. The Morgan fingerprint density at radius 3 is 2.14 bits per heavy atom. The summed E-state index contributed by atoms with van der Waals surface area (Å²) in [5, 5.41) is 0.406. The van der Waals surface area contributed by atoms with Crippen LogP contribution in [0.3, 0.4) is 0 Å².